The largest absolute Gasteiger partial charge is 0.378 e. The molecule has 0 aromatic carbocycles. The number of anilines is 1. The first kappa shape index (κ1) is 11.3. The number of hydrogen-bond donors (Lipinski definition) is 1. The topological polar surface area (TPSA) is 63.4 Å². The summed E-state index contributed by atoms with van der Waals surface area (Å²) in [5.74, 6) is 1.37. The third kappa shape index (κ3) is 2.70. The van der Waals surface area contributed by atoms with Crippen LogP contribution in [-0.4, -0.2) is 49.5 Å². The normalized spacial score (nSPS) is 18.8. The van der Waals surface area contributed by atoms with Crippen LogP contribution in [-0.2, 0) is 11.2 Å². The lowest BCUT2D eigenvalue weighted by Gasteiger charge is -2.24. The van der Waals surface area contributed by atoms with E-state index in [1.54, 1.807) is 0 Å². The first-order valence-electron chi connectivity index (χ1n) is 5.62. The minimum Gasteiger partial charge on any atom is -0.378 e. The standard InChI is InChI=1S/C10H18N4O2/c1-8(11-2)7-9-12-10(13-16-9)14-3-5-15-6-4-14/h8,11H,3-7H2,1-2H3. The monoisotopic (exact) mass is 226 g/mol. The lowest BCUT2D eigenvalue weighted by Crippen LogP contribution is -2.36. The van der Waals surface area contributed by atoms with Crippen LogP contribution >= 0.6 is 0 Å². The van der Waals surface area contributed by atoms with Gasteiger partial charge in [0.05, 0.1) is 13.2 Å². The van der Waals surface area contributed by atoms with Crippen molar-refractivity contribution in [1.82, 2.24) is 15.5 Å². The highest BCUT2D eigenvalue weighted by molar-refractivity contribution is 5.28. The molecular formula is C10H18N4O2. The molecule has 1 N–H and O–H groups in total. The zero-order valence-electron chi connectivity index (χ0n) is 9.77. The van der Waals surface area contributed by atoms with Gasteiger partial charge >= 0.3 is 0 Å². The maximum atomic E-state index is 5.27. The molecule has 1 aliphatic heterocycles. The van der Waals surface area contributed by atoms with E-state index >= 15 is 0 Å². The van der Waals surface area contributed by atoms with Crippen molar-refractivity contribution in [3.05, 3.63) is 5.89 Å². The Morgan fingerprint density at radius 1 is 1.44 bits per heavy atom. The van der Waals surface area contributed by atoms with E-state index in [1.165, 1.54) is 0 Å². The highest BCUT2D eigenvalue weighted by Crippen LogP contribution is 2.12. The molecule has 2 heterocycles. The van der Waals surface area contributed by atoms with Gasteiger partial charge in [0.2, 0.25) is 5.89 Å². The van der Waals surface area contributed by atoms with Crippen LogP contribution in [0.5, 0.6) is 0 Å². The molecule has 1 saturated heterocycles. The Bertz CT molecular complexity index is 322. The minimum absolute atomic E-state index is 0.345. The summed E-state index contributed by atoms with van der Waals surface area (Å²) in [6.07, 6.45) is 0.758. The Morgan fingerprint density at radius 2 is 2.19 bits per heavy atom. The smallest absolute Gasteiger partial charge is 0.266 e. The molecule has 6 nitrogen and oxygen atoms in total. The molecule has 0 spiro atoms. The van der Waals surface area contributed by atoms with Crippen LogP contribution in [0.2, 0.25) is 0 Å². The van der Waals surface area contributed by atoms with Gasteiger partial charge in [-0.15, -0.1) is 0 Å². The number of rotatable bonds is 4. The van der Waals surface area contributed by atoms with Gasteiger partial charge in [0.15, 0.2) is 0 Å². The fourth-order valence-corrected chi connectivity index (χ4v) is 1.58. The molecule has 6 heteroatoms. The maximum Gasteiger partial charge on any atom is 0.266 e. The van der Waals surface area contributed by atoms with Crippen LogP contribution < -0.4 is 10.2 Å². The predicted molar refractivity (Wildman–Crippen MR) is 59.6 cm³/mol. The number of nitrogens with zero attached hydrogens (tertiary/aromatic N) is 3. The third-order valence-corrected chi connectivity index (χ3v) is 2.72. The average Bonchev–Trinajstić information content (AvgIpc) is 2.78. The fraction of sp³-hybridized carbons (Fsp3) is 0.800. The van der Waals surface area contributed by atoms with Crippen LogP contribution in [0.3, 0.4) is 0 Å². The van der Waals surface area contributed by atoms with Crippen LogP contribution in [0.15, 0.2) is 4.52 Å². The van der Waals surface area contributed by atoms with E-state index in [-0.39, 0.29) is 0 Å². The summed E-state index contributed by atoms with van der Waals surface area (Å²) in [5, 5.41) is 7.12. The quantitative estimate of drug-likeness (QED) is 0.783. The van der Waals surface area contributed by atoms with Crippen molar-refractivity contribution < 1.29 is 9.26 Å². The molecule has 1 fully saturated rings. The first-order valence-corrected chi connectivity index (χ1v) is 5.62. The molecule has 1 aliphatic rings. The van der Waals surface area contributed by atoms with Gasteiger partial charge in [-0.1, -0.05) is 0 Å². The van der Waals surface area contributed by atoms with E-state index in [1.807, 2.05) is 7.05 Å². The predicted octanol–water partition coefficient (Wildman–Crippen LogP) is 0.0566. The number of aromatic nitrogens is 2. The molecule has 2 rings (SSSR count). The molecule has 0 amide bonds. The SMILES string of the molecule is CNC(C)Cc1nc(N2CCOCC2)no1. The van der Waals surface area contributed by atoms with E-state index in [0.29, 0.717) is 17.9 Å². The molecule has 90 valence electrons. The zero-order chi connectivity index (χ0) is 11.4. The summed E-state index contributed by atoms with van der Waals surface area (Å²) in [4.78, 5) is 6.46. The zero-order valence-corrected chi connectivity index (χ0v) is 9.77. The van der Waals surface area contributed by atoms with Crippen LogP contribution in [0.25, 0.3) is 0 Å². The van der Waals surface area contributed by atoms with Crippen molar-refractivity contribution in [2.24, 2.45) is 0 Å². The van der Waals surface area contributed by atoms with E-state index < -0.39 is 0 Å². The van der Waals surface area contributed by atoms with Crippen LogP contribution in [0, 0.1) is 0 Å². The lowest BCUT2D eigenvalue weighted by molar-refractivity contribution is 0.121. The van der Waals surface area contributed by atoms with Gasteiger partial charge < -0.3 is 19.5 Å². The molecule has 0 bridgehead atoms. The Morgan fingerprint density at radius 3 is 2.88 bits per heavy atom. The molecule has 0 radical (unpaired) electrons. The van der Waals surface area contributed by atoms with Gasteiger partial charge in [0.1, 0.15) is 0 Å². The number of likely N-dealkylation sites (N-methyl/N-ethyl adjacent to an activating group) is 1. The van der Waals surface area contributed by atoms with Crippen molar-refractivity contribution in [2.45, 2.75) is 19.4 Å². The summed E-state index contributed by atoms with van der Waals surface area (Å²) < 4.78 is 10.5. The third-order valence-electron chi connectivity index (χ3n) is 2.72. The van der Waals surface area contributed by atoms with Gasteiger partial charge in [-0.3, -0.25) is 0 Å². The van der Waals surface area contributed by atoms with E-state index in [0.717, 1.165) is 32.7 Å². The maximum absolute atomic E-state index is 5.27. The Balaban J connectivity index is 1.95. The summed E-state index contributed by atoms with van der Waals surface area (Å²) >= 11 is 0. The van der Waals surface area contributed by atoms with E-state index in [9.17, 15) is 0 Å². The number of nitrogens with one attached hydrogen (secondary N) is 1. The van der Waals surface area contributed by atoms with Crippen molar-refractivity contribution >= 4 is 5.95 Å². The number of ether oxygens (including phenoxy) is 1. The molecule has 1 unspecified atom stereocenters. The van der Waals surface area contributed by atoms with Crippen LogP contribution in [0.1, 0.15) is 12.8 Å². The van der Waals surface area contributed by atoms with Gasteiger partial charge in [0, 0.05) is 25.6 Å². The molecule has 0 saturated carbocycles. The second-order valence-corrected chi connectivity index (χ2v) is 3.98. The Labute approximate surface area is 95.0 Å². The number of hydrogen-bond acceptors (Lipinski definition) is 6. The lowest BCUT2D eigenvalue weighted by atomic mass is 10.2. The summed E-state index contributed by atoms with van der Waals surface area (Å²) in [5.41, 5.74) is 0. The first-order chi connectivity index (χ1) is 7.79. The molecule has 1 aromatic heterocycles. The van der Waals surface area contributed by atoms with Gasteiger partial charge in [-0.05, 0) is 19.1 Å². The van der Waals surface area contributed by atoms with Gasteiger partial charge in [-0.25, -0.2) is 0 Å². The van der Waals surface area contributed by atoms with Crippen molar-refractivity contribution in [3.8, 4) is 0 Å². The fourth-order valence-electron chi connectivity index (χ4n) is 1.58. The second kappa shape index (κ2) is 5.27. The molecule has 16 heavy (non-hydrogen) atoms. The highest BCUT2D eigenvalue weighted by Gasteiger charge is 2.17. The Hall–Kier alpha value is -1.14. The molecule has 1 aromatic rings. The van der Waals surface area contributed by atoms with E-state index in [4.69, 9.17) is 9.26 Å². The summed E-state index contributed by atoms with van der Waals surface area (Å²) in [7, 11) is 1.92. The minimum atomic E-state index is 0.345. The van der Waals surface area contributed by atoms with Crippen molar-refractivity contribution in [2.75, 3.05) is 38.3 Å². The highest BCUT2D eigenvalue weighted by atomic mass is 16.5. The van der Waals surface area contributed by atoms with Crippen molar-refractivity contribution in [3.63, 3.8) is 0 Å². The van der Waals surface area contributed by atoms with Gasteiger partial charge in [0.25, 0.3) is 5.95 Å². The average molecular weight is 226 g/mol. The Kier molecular flexibility index (Phi) is 3.74. The molecule has 0 aliphatic carbocycles. The summed E-state index contributed by atoms with van der Waals surface area (Å²) in [6, 6.07) is 0.345. The molecule has 1 atom stereocenters. The number of morpholine rings is 1. The summed E-state index contributed by atoms with van der Waals surface area (Å²) in [6.45, 7) is 5.22. The van der Waals surface area contributed by atoms with Gasteiger partial charge in [-0.2, -0.15) is 4.98 Å². The molecular weight excluding hydrogens is 208 g/mol. The van der Waals surface area contributed by atoms with E-state index in [2.05, 4.69) is 27.3 Å². The van der Waals surface area contributed by atoms with Crippen molar-refractivity contribution in [1.29, 1.82) is 0 Å². The second-order valence-electron chi connectivity index (χ2n) is 3.98. The van der Waals surface area contributed by atoms with Crippen LogP contribution in [0.4, 0.5) is 5.95 Å².